The Hall–Kier alpha value is -2.17. The van der Waals surface area contributed by atoms with Gasteiger partial charge in [-0.15, -0.1) is 0 Å². The highest BCUT2D eigenvalue weighted by atomic mass is 19.1. The lowest BCUT2D eigenvalue weighted by molar-refractivity contribution is -0.131. The van der Waals surface area contributed by atoms with Crippen molar-refractivity contribution >= 4 is 5.91 Å². The minimum Gasteiger partial charge on any atom is -0.338 e. The molecule has 3 rings (SSSR count). The largest absolute Gasteiger partial charge is 0.338 e. The lowest BCUT2D eigenvalue weighted by atomic mass is 10.0. The lowest BCUT2D eigenvalue weighted by Gasteiger charge is -2.28. The van der Waals surface area contributed by atoms with Crippen LogP contribution in [0.15, 0.2) is 30.3 Å². The zero-order valence-corrected chi connectivity index (χ0v) is 12.8. The first kappa shape index (κ1) is 14.8. The van der Waals surface area contributed by atoms with Crippen LogP contribution in [0.4, 0.5) is 4.39 Å². The van der Waals surface area contributed by atoms with Crippen LogP contribution in [0.5, 0.6) is 0 Å². The van der Waals surface area contributed by atoms with Crippen LogP contribution >= 0.6 is 0 Å². The van der Waals surface area contributed by atoms with Crippen LogP contribution in [0.2, 0.25) is 0 Å². The molecule has 5 heteroatoms. The van der Waals surface area contributed by atoms with E-state index in [1.54, 1.807) is 17.0 Å². The van der Waals surface area contributed by atoms with Gasteiger partial charge in [-0.25, -0.2) is 4.39 Å². The van der Waals surface area contributed by atoms with E-state index in [0.717, 1.165) is 29.8 Å². The molecule has 1 unspecified atom stereocenters. The van der Waals surface area contributed by atoms with E-state index in [1.807, 2.05) is 20.0 Å². The van der Waals surface area contributed by atoms with Gasteiger partial charge >= 0.3 is 0 Å². The maximum Gasteiger partial charge on any atom is 0.228 e. The van der Waals surface area contributed by atoms with Crippen molar-refractivity contribution in [2.45, 2.75) is 32.2 Å². The molecule has 4 nitrogen and oxygen atoms in total. The van der Waals surface area contributed by atoms with Crippen LogP contribution in [0.25, 0.3) is 0 Å². The highest BCUT2D eigenvalue weighted by Crippen LogP contribution is 2.44. The normalized spacial score (nSPS) is 15.6. The van der Waals surface area contributed by atoms with Gasteiger partial charge in [0.15, 0.2) is 0 Å². The predicted octanol–water partition coefficient (Wildman–Crippen LogP) is 3.01. The SMILES string of the molecule is Cc1cc(CC(=O)N(C)C(c2ccc(F)cc2)C2CC2)n[nH]1. The molecule has 0 spiro atoms. The number of benzene rings is 1. The first-order valence-corrected chi connectivity index (χ1v) is 7.56. The number of aromatic amines is 1. The Balaban J connectivity index is 1.76. The molecule has 116 valence electrons. The number of aromatic nitrogens is 2. The minimum absolute atomic E-state index is 0.0214. The molecule has 0 radical (unpaired) electrons. The highest BCUT2D eigenvalue weighted by molar-refractivity contribution is 5.78. The second-order valence-electron chi connectivity index (χ2n) is 6.06. The monoisotopic (exact) mass is 301 g/mol. The number of aryl methyl sites for hydroxylation is 1. The Morgan fingerprint density at radius 1 is 1.41 bits per heavy atom. The number of halogens is 1. The van der Waals surface area contributed by atoms with E-state index in [2.05, 4.69) is 10.2 Å². The number of rotatable bonds is 5. The smallest absolute Gasteiger partial charge is 0.228 e. The third-order valence-corrected chi connectivity index (χ3v) is 4.18. The second kappa shape index (κ2) is 5.91. The Morgan fingerprint density at radius 2 is 2.09 bits per heavy atom. The molecule has 1 atom stereocenters. The van der Waals surface area contributed by atoms with Crippen molar-refractivity contribution in [3.63, 3.8) is 0 Å². The van der Waals surface area contributed by atoms with Crippen molar-refractivity contribution in [3.8, 4) is 0 Å². The maximum atomic E-state index is 13.1. The summed E-state index contributed by atoms with van der Waals surface area (Å²) in [6.07, 6.45) is 2.51. The number of nitrogens with one attached hydrogen (secondary N) is 1. The van der Waals surface area contributed by atoms with Gasteiger partial charge in [0, 0.05) is 12.7 Å². The first-order valence-electron chi connectivity index (χ1n) is 7.56. The van der Waals surface area contributed by atoms with E-state index < -0.39 is 0 Å². The number of carbonyl (C=O) groups is 1. The average Bonchev–Trinajstić information content (AvgIpc) is 3.24. The van der Waals surface area contributed by atoms with Crippen LogP contribution in [0, 0.1) is 18.7 Å². The molecule has 1 aliphatic carbocycles. The predicted molar refractivity (Wildman–Crippen MR) is 81.7 cm³/mol. The molecule has 0 aliphatic heterocycles. The van der Waals surface area contributed by atoms with Crippen molar-refractivity contribution < 1.29 is 9.18 Å². The van der Waals surface area contributed by atoms with Gasteiger partial charge in [-0.1, -0.05) is 12.1 Å². The van der Waals surface area contributed by atoms with Crippen LogP contribution in [0.3, 0.4) is 0 Å². The average molecular weight is 301 g/mol. The number of H-pyrrole nitrogens is 1. The summed E-state index contributed by atoms with van der Waals surface area (Å²) in [5.41, 5.74) is 2.70. The summed E-state index contributed by atoms with van der Waals surface area (Å²) in [6.45, 7) is 1.91. The van der Waals surface area contributed by atoms with Gasteiger partial charge in [0.1, 0.15) is 5.82 Å². The van der Waals surface area contributed by atoms with Crippen molar-refractivity contribution in [3.05, 3.63) is 53.1 Å². The van der Waals surface area contributed by atoms with Gasteiger partial charge in [-0.05, 0) is 49.4 Å². The summed E-state index contributed by atoms with van der Waals surface area (Å²) in [7, 11) is 1.83. The van der Waals surface area contributed by atoms with E-state index in [4.69, 9.17) is 0 Å². The third-order valence-electron chi connectivity index (χ3n) is 4.18. The molecule has 1 saturated carbocycles. The zero-order chi connectivity index (χ0) is 15.7. The van der Waals surface area contributed by atoms with Crippen LogP contribution in [0.1, 0.15) is 35.8 Å². The third kappa shape index (κ3) is 3.18. The number of likely N-dealkylation sites (N-methyl/N-ethyl adjacent to an activating group) is 1. The summed E-state index contributed by atoms with van der Waals surface area (Å²) in [4.78, 5) is 14.3. The van der Waals surface area contributed by atoms with Gasteiger partial charge in [0.2, 0.25) is 5.91 Å². The second-order valence-corrected chi connectivity index (χ2v) is 6.06. The molecule has 1 aromatic heterocycles. The Bertz CT molecular complexity index is 661. The molecule has 1 amide bonds. The number of nitrogens with zero attached hydrogens (tertiary/aromatic N) is 2. The Labute approximate surface area is 129 Å². The fourth-order valence-electron chi connectivity index (χ4n) is 2.88. The number of amides is 1. The molecule has 1 heterocycles. The van der Waals surface area contributed by atoms with E-state index >= 15 is 0 Å². The highest BCUT2D eigenvalue weighted by Gasteiger charge is 2.36. The van der Waals surface area contributed by atoms with E-state index in [9.17, 15) is 9.18 Å². The molecule has 22 heavy (non-hydrogen) atoms. The molecular weight excluding hydrogens is 281 g/mol. The van der Waals surface area contributed by atoms with Gasteiger partial charge in [-0.3, -0.25) is 9.89 Å². The zero-order valence-electron chi connectivity index (χ0n) is 12.8. The lowest BCUT2D eigenvalue weighted by Crippen LogP contribution is -2.33. The van der Waals surface area contributed by atoms with Gasteiger partial charge < -0.3 is 4.90 Å². The fraction of sp³-hybridized carbons (Fsp3) is 0.412. The maximum absolute atomic E-state index is 13.1. The molecule has 1 aromatic carbocycles. The van der Waals surface area contributed by atoms with Crippen LogP contribution in [-0.2, 0) is 11.2 Å². The number of hydrogen-bond acceptors (Lipinski definition) is 2. The molecular formula is C17H20FN3O. The van der Waals surface area contributed by atoms with Gasteiger partial charge in [0.05, 0.1) is 18.2 Å². The summed E-state index contributed by atoms with van der Waals surface area (Å²) in [5.74, 6) is 0.257. The molecule has 1 N–H and O–H groups in total. The quantitative estimate of drug-likeness (QED) is 0.923. The summed E-state index contributed by atoms with van der Waals surface area (Å²) in [5, 5.41) is 6.97. The van der Waals surface area contributed by atoms with Crippen molar-refractivity contribution in [2.24, 2.45) is 5.92 Å². The number of carbonyl (C=O) groups excluding carboxylic acids is 1. The van der Waals surface area contributed by atoms with Crippen molar-refractivity contribution in [1.29, 1.82) is 0 Å². The van der Waals surface area contributed by atoms with Gasteiger partial charge in [-0.2, -0.15) is 5.10 Å². The first-order chi connectivity index (χ1) is 10.5. The minimum atomic E-state index is -0.251. The Kier molecular flexibility index (Phi) is 3.96. The van der Waals surface area contributed by atoms with E-state index in [0.29, 0.717) is 5.92 Å². The van der Waals surface area contributed by atoms with Gasteiger partial charge in [0.25, 0.3) is 0 Å². The summed E-state index contributed by atoms with van der Waals surface area (Å²) < 4.78 is 13.1. The summed E-state index contributed by atoms with van der Waals surface area (Å²) >= 11 is 0. The Morgan fingerprint density at radius 3 is 2.64 bits per heavy atom. The van der Waals surface area contributed by atoms with E-state index in [1.165, 1.54) is 12.1 Å². The van der Waals surface area contributed by atoms with Crippen LogP contribution in [-0.4, -0.2) is 28.1 Å². The van der Waals surface area contributed by atoms with Crippen molar-refractivity contribution in [1.82, 2.24) is 15.1 Å². The fourth-order valence-corrected chi connectivity index (χ4v) is 2.88. The summed E-state index contributed by atoms with van der Waals surface area (Å²) in [6, 6.07) is 8.38. The number of hydrogen-bond donors (Lipinski definition) is 1. The molecule has 0 saturated heterocycles. The molecule has 2 aromatic rings. The molecule has 0 bridgehead atoms. The van der Waals surface area contributed by atoms with Crippen molar-refractivity contribution in [2.75, 3.05) is 7.05 Å². The topological polar surface area (TPSA) is 49.0 Å². The molecule has 1 fully saturated rings. The standard InChI is InChI=1S/C17H20FN3O/c1-11-9-15(20-19-11)10-16(22)21(2)17(12-3-4-12)13-5-7-14(18)8-6-13/h5-9,12,17H,3-4,10H2,1-2H3,(H,19,20). The van der Waals surface area contributed by atoms with E-state index in [-0.39, 0.29) is 24.2 Å². The molecule has 1 aliphatic rings. The van der Waals surface area contributed by atoms with Crippen LogP contribution < -0.4 is 0 Å².